The van der Waals surface area contributed by atoms with Gasteiger partial charge in [0, 0.05) is 44.1 Å². The SMILES string of the molecule is c1ccc(-n2c3ccccc3c3cc(-c4ccc5c(c4)c4ccccc4n5-c4ccc5[oH+]c6c(c7ccccc7c7nc8ccccc8n76)c5n4)ccc32)cc1. The molecule has 0 fully saturated rings. The second-order valence-corrected chi connectivity index (χ2v) is 14.7. The van der Waals surface area contributed by atoms with Gasteiger partial charge in [0.2, 0.25) is 0 Å². The molecule has 0 spiro atoms. The van der Waals surface area contributed by atoms with Crippen molar-refractivity contribution in [2.45, 2.75) is 0 Å². The van der Waals surface area contributed by atoms with E-state index in [-0.39, 0.29) is 0 Å². The normalized spacial score (nSPS) is 12.3. The van der Waals surface area contributed by atoms with E-state index in [9.17, 15) is 0 Å². The van der Waals surface area contributed by atoms with E-state index in [1.807, 2.05) is 6.07 Å². The van der Waals surface area contributed by atoms with Crippen LogP contribution in [0.4, 0.5) is 0 Å². The number of rotatable bonds is 3. The molecule has 6 aromatic heterocycles. The van der Waals surface area contributed by atoms with Crippen molar-refractivity contribution in [2.24, 2.45) is 0 Å². The number of nitrogens with zero attached hydrogens (tertiary/aromatic N) is 5. The first kappa shape index (κ1) is 29.7. The summed E-state index contributed by atoms with van der Waals surface area (Å²) in [6, 6.07) is 62.7. The standard InChI is InChI=1S/C50H29N5O/c1-2-12-32(13-3-1)53-40-19-9-6-14-33(40)37-28-30(22-24-42(37)53)31-23-25-43-38(29-31)34-15-7-10-20-41(34)54(43)46-27-26-45-48(52-46)47-35-16-4-5-17-36(35)49-51-39-18-8-11-21-44(39)55(49)50(47)56-45/h1-29H/p+1. The molecule has 0 amide bonds. The van der Waals surface area contributed by atoms with Crippen molar-refractivity contribution >= 4 is 93.3 Å². The summed E-state index contributed by atoms with van der Waals surface area (Å²) in [5.74, 6) is 0.862. The lowest BCUT2D eigenvalue weighted by atomic mass is 10.0. The highest BCUT2D eigenvalue weighted by Gasteiger charge is 2.25. The fourth-order valence-corrected chi connectivity index (χ4v) is 9.25. The molecule has 0 radical (unpaired) electrons. The van der Waals surface area contributed by atoms with Gasteiger partial charge in [-0.15, -0.1) is 0 Å². The first-order valence-corrected chi connectivity index (χ1v) is 19.0. The molecule has 0 atom stereocenters. The maximum atomic E-state index is 5.46. The molecule has 0 saturated heterocycles. The van der Waals surface area contributed by atoms with Gasteiger partial charge in [-0.2, -0.15) is 0 Å². The summed E-state index contributed by atoms with van der Waals surface area (Å²) in [6.45, 7) is 0. The average molecular weight is 717 g/mol. The van der Waals surface area contributed by atoms with E-state index in [2.05, 4.69) is 183 Å². The molecule has 0 saturated carbocycles. The van der Waals surface area contributed by atoms with Gasteiger partial charge in [0.1, 0.15) is 11.2 Å². The maximum absolute atomic E-state index is 5.46. The maximum Gasteiger partial charge on any atom is 0.361 e. The molecule has 6 heterocycles. The topological polar surface area (TPSA) is 52.8 Å². The van der Waals surface area contributed by atoms with Crippen LogP contribution in [0.25, 0.3) is 116 Å². The summed E-state index contributed by atoms with van der Waals surface area (Å²) in [5.41, 5.74) is 13.7. The molecule has 6 nitrogen and oxygen atoms in total. The van der Waals surface area contributed by atoms with Crippen molar-refractivity contribution in [2.75, 3.05) is 0 Å². The van der Waals surface area contributed by atoms with E-state index >= 15 is 0 Å². The molecule has 260 valence electrons. The van der Waals surface area contributed by atoms with E-state index in [0.717, 1.165) is 72.2 Å². The van der Waals surface area contributed by atoms with Crippen LogP contribution in [0.3, 0.4) is 0 Å². The number of aromatic nitrogens is 5. The van der Waals surface area contributed by atoms with Gasteiger partial charge in [0.05, 0.1) is 33.1 Å². The van der Waals surface area contributed by atoms with Crippen LogP contribution in [0.1, 0.15) is 0 Å². The summed E-state index contributed by atoms with van der Waals surface area (Å²) in [4.78, 5) is 10.5. The zero-order chi connectivity index (χ0) is 36.5. The van der Waals surface area contributed by atoms with Gasteiger partial charge in [-0.3, -0.25) is 4.57 Å². The van der Waals surface area contributed by atoms with Crippen LogP contribution in [0.5, 0.6) is 0 Å². The Bertz CT molecular complexity index is 3770. The minimum absolute atomic E-state index is 0.862. The number of pyridine rings is 2. The number of imidazole rings is 1. The van der Waals surface area contributed by atoms with Gasteiger partial charge in [-0.1, -0.05) is 103 Å². The first-order valence-electron chi connectivity index (χ1n) is 19.0. The Labute approximate surface area is 318 Å². The Morgan fingerprint density at radius 1 is 0.411 bits per heavy atom. The summed E-state index contributed by atoms with van der Waals surface area (Å²) >= 11 is 0. The molecule has 6 heteroatoms. The Morgan fingerprint density at radius 2 is 0.982 bits per heavy atom. The first-order chi connectivity index (χ1) is 27.8. The summed E-state index contributed by atoms with van der Waals surface area (Å²) in [7, 11) is 0. The van der Waals surface area contributed by atoms with Gasteiger partial charge < -0.3 is 8.98 Å². The molecule has 0 bridgehead atoms. The third-order valence-electron chi connectivity index (χ3n) is 11.7. The Morgan fingerprint density at radius 3 is 1.71 bits per heavy atom. The number of furan rings is 1. The van der Waals surface area contributed by atoms with Gasteiger partial charge >= 0.3 is 5.71 Å². The van der Waals surface area contributed by atoms with Crippen LogP contribution in [0.15, 0.2) is 180 Å². The highest BCUT2D eigenvalue weighted by atomic mass is 16.3. The highest BCUT2D eigenvalue weighted by Crippen LogP contribution is 2.41. The van der Waals surface area contributed by atoms with Crippen molar-refractivity contribution in [3.05, 3.63) is 176 Å². The van der Waals surface area contributed by atoms with Crippen molar-refractivity contribution < 1.29 is 4.42 Å². The van der Waals surface area contributed by atoms with Crippen LogP contribution < -0.4 is 0 Å². The van der Waals surface area contributed by atoms with Crippen LogP contribution >= 0.6 is 0 Å². The largest absolute Gasteiger partial charge is 0.530 e. The monoisotopic (exact) mass is 716 g/mol. The molecule has 56 heavy (non-hydrogen) atoms. The highest BCUT2D eigenvalue weighted by molar-refractivity contribution is 6.21. The third-order valence-corrected chi connectivity index (χ3v) is 11.7. The van der Waals surface area contributed by atoms with Crippen molar-refractivity contribution in [3.63, 3.8) is 0 Å². The van der Waals surface area contributed by atoms with Gasteiger partial charge in [0.25, 0.3) is 5.58 Å². The number of hydrogen-bond donors (Lipinski definition) is 0. The molecular weight excluding hydrogens is 687 g/mol. The predicted octanol–water partition coefficient (Wildman–Crippen LogP) is 12.9. The van der Waals surface area contributed by atoms with Crippen LogP contribution in [0.2, 0.25) is 0 Å². The lowest BCUT2D eigenvalue weighted by molar-refractivity contribution is 0.649. The Hall–Kier alpha value is -7.70. The van der Waals surface area contributed by atoms with E-state index in [0.29, 0.717) is 0 Å². The molecule has 0 aliphatic heterocycles. The molecule has 13 rings (SSSR count). The van der Waals surface area contributed by atoms with Crippen molar-refractivity contribution in [3.8, 4) is 22.6 Å². The number of hydrogen-bond acceptors (Lipinski definition) is 2. The third kappa shape index (κ3) is 3.94. The molecule has 7 aromatic carbocycles. The number of fused-ring (bicyclic) bond motifs is 16. The molecule has 13 aromatic rings. The fraction of sp³-hybridized carbons (Fsp3) is 0. The second-order valence-electron chi connectivity index (χ2n) is 14.7. The average Bonchev–Trinajstić information content (AvgIpc) is 4.01. The number of para-hydroxylation sites is 5. The Balaban J connectivity index is 1.02. The van der Waals surface area contributed by atoms with Gasteiger partial charge in [-0.05, 0) is 77.9 Å². The van der Waals surface area contributed by atoms with Crippen molar-refractivity contribution in [1.82, 2.24) is 23.5 Å². The smallest absolute Gasteiger partial charge is 0.361 e. The number of benzene rings is 7. The molecule has 1 N–H and O–H groups in total. The zero-order valence-corrected chi connectivity index (χ0v) is 29.9. The van der Waals surface area contributed by atoms with Crippen LogP contribution in [-0.2, 0) is 0 Å². The van der Waals surface area contributed by atoms with Gasteiger partial charge in [-0.25, -0.2) is 14.4 Å². The summed E-state index contributed by atoms with van der Waals surface area (Å²) in [5, 5.41) is 8.10. The molecule has 0 aliphatic carbocycles. The predicted molar refractivity (Wildman–Crippen MR) is 231 cm³/mol. The van der Waals surface area contributed by atoms with E-state index < -0.39 is 0 Å². The second kappa shape index (κ2) is 10.9. The summed E-state index contributed by atoms with van der Waals surface area (Å²) < 4.78 is 12.1. The zero-order valence-electron chi connectivity index (χ0n) is 29.9. The quantitative estimate of drug-likeness (QED) is 0.171. The minimum atomic E-state index is 0.862. The molecule has 0 aliphatic rings. The minimum Gasteiger partial charge on any atom is -0.530 e. The molecular formula is C50H30N5O+. The van der Waals surface area contributed by atoms with E-state index in [1.165, 1.54) is 43.7 Å². The summed E-state index contributed by atoms with van der Waals surface area (Å²) in [6.07, 6.45) is 0. The fourth-order valence-electron chi connectivity index (χ4n) is 9.25. The lowest BCUT2D eigenvalue weighted by Crippen LogP contribution is -1.97. The van der Waals surface area contributed by atoms with Crippen LogP contribution in [0, 0.1) is 0 Å². The molecule has 0 unspecified atom stereocenters. The van der Waals surface area contributed by atoms with Gasteiger partial charge in [0.15, 0.2) is 11.2 Å². The van der Waals surface area contributed by atoms with Crippen molar-refractivity contribution in [1.29, 1.82) is 0 Å². The Kier molecular flexibility index (Phi) is 5.80. The van der Waals surface area contributed by atoms with E-state index in [4.69, 9.17) is 14.4 Å². The lowest BCUT2D eigenvalue weighted by Gasteiger charge is -2.09. The van der Waals surface area contributed by atoms with Crippen LogP contribution in [-0.4, -0.2) is 23.5 Å². The van der Waals surface area contributed by atoms with E-state index in [1.54, 1.807) is 0 Å².